The molecule has 0 amide bonds. The van der Waals surface area contributed by atoms with E-state index in [1.54, 1.807) is 0 Å². The molecule has 0 spiro atoms. The van der Waals surface area contributed by atoms with Gasteiger partial charge in [0.05, 0.1) is 5.76 Å². The second-order valence-corrected chi connectivity index (χ2v) is 8.54. The van der Waals surface area contributed by atoms with Crippen molar-refractivity contribution in [1.82, 2.24) is 4.98 Å². The van der Waals surface area contributed by atoms with Crippen LogP contribution in [0.1, 0.15) is 13.8 Å². The molecule has 185 valence electrons. The molecule has 1 radical (unpaired) electrons. The van der Waals surface area contributed by atoms with E-state index in [1.165, 1.54) is 30.7 Å². The summed E-state index contributed by atoms with van der Waals surface area (Å²) in [6.45, 7) is 2.85. The van der Waals surface area contributed by atoms with Crippen molar-refractivity contribution >= 4 is 38.3 Å². The predicted octanol–water partition coefficient (Wildman–Crippen LogP) is 8.30. The fourth-order valence-corrected chi connectivity index (χ4v) is 4.33. The zero-order chi connectivity index (χ0) is 25.1. The molecule has 6 aromatic rings. The summed E-state index contributed by atoms with van der Waals surface area (Å²) in [5.74, 6) is 0.785. The van der Waals surface area contributed by atoms with Crippen LogP contribution in [0.3, 0.4) is 0 Å². The van der Waals surface area contributed by atoms with Gasteiger partial charge in [-0.05, 0) is 26.0 Å². The standard InChI is InChI=1S/C27H16NO.C5H8O2.Ir/c1-2-8-18(9-3-1)25-17-20-14-15-28-26(27(20)29-25)24-16-19-10-4-5-11-21(19)22-12-6-7-13-23(22)24;1-4(6)3-5(2)7;/h1-15,17H;3,6H,1-2H3;/q-1;;/b;4-3-;. The topological polar surface area (TPSA) is 63.3 Å². The first-order valence-corrected chi connectivity index (χ1v) is 11.7. The number of aromatic nitrogens is 1. The number of aliphatic hydroxyl groups is 1. The molecular formula is C32H24IrNO3-. The molecule has 2 aromatic heterocycles. The van der Waals surface area contributed by atoms with Crippen LogP contribution in [0, 0.1) is 6.07 Å². The Balaban J connectivity index is 0.000000356. The Kier molecular flexibility index (Phi) is 7.98. The van der Waals surface area contributed by atoms with Gasteiger partial charge in [-0.25, -0.2) is 0 Å². The molecule has 0 aliphatic heterocycles. The summed E-state index contributed by atoms with van der Waals surface area (Å²) in [6.07, 6.45) is 3.01. The Morgan fingerprint density at radius 2 is 1.51 bits per heavy atom. The third-order valence-electron chi connectivity index (χ3n) is 5.81. The molecule has 6 rings (SSSR count). The van der Waals surface area contributed by atoms with Crippen LogP contribution in [0.5, 0.6) is 0 Å². The van der Waals surface area contributed by atoms with Crippen molar-refractivity contribution in [3.63, 3.8) is 0 Å². The molecule has 1 N–H and O–H groups in total. The van der Waals surface area contributed by atoms with E-state index >= 15 is 0 Å². The Morgan fingerprint density at radius 3 is 2.19 bits per heavy atom. The van der Waals surface area contributed by atoms with Crippen LogP contribution in [-0.4, -0.2) is 15.9 Å². The van der Waals surface area contributed by atoms with Crippen molar-refractivity contribution in [2.75, 3.05) is 0 Å². The normalized spacial score (nSPS) is 11.1. The van der Waals surface area contributed by atoms with Gasteiger partial charge in [-0.15, -0.1) is 17.5 Å². The van der Waals surface area contributed by atoms with Crippen molar-refractivity contribution < 1.29 is 34.4 Å². The Labute approximate surface area is 228 Å². The monoisotopic (exact) mass is 663 g/mol. The first-order chi connectivity index (χ1) is 17.5. The molecule has 0 bridgehead atoms. The van der Waals surface area contributed by atoms with Gasteiger partial charge in [-0.1, -0.05) is 94.5 Å². The number of furan rings is 1. The fourth-order valence-electron chi connectivity index (χ4n) is 4.33. The molecule has 0 fully saturated rings. The maximum atomic E-state index is 10.0. The Hall–Kier alpha value is -4.05. The third kappa shape index (κ3) is 5.54. The van der Waals surface area contributed by atoms with Crippen LogP contribution < -0.4 is 0 Å². The molecule has 0 aliphatic rings. The molecule has 37 heavy (non-hydrogen) atoms. The number of ketones is 1. The van der Waals surface area contributed by atoms with E-state index in [0.717, 1.165) is 44.3 Å². The maximum absolute atomic E-state index is 10.0. The molecule has 0 saturated carbocycles. The van der Waals surface area contributed by atoms with Gasteiger partial charge in [-0.3, -0.25) is 9.78 Å². The van der Waals surface area contributed by atoms with Gasteiger partial charge in [-0.2, -0.15) is 0 Å². The number of aliphatic hydroxyl groups excluding tert-OH is 1. The van der Waals surface area contributed by atoms with Gasteiger partial charge in [0.25, 0.3) is 0 Å². The fraction of sp³-hybridized carbons (Fsp3) is 0.0625. The van der Waals surface area contributed by atoms with Crippen molar-refractivity contribution in [3.8, 4) is 22.6 Å². The van der Waals surface area contributed by atoms with E-state index in [-0.39, 0.29) is 31.6 Å². The van der Waals surface area contributed by atoms with Crippen molar-refractivity contribution in [1.29, 1.82) is 0 Å². The van der Waals surface area contributed by atoms with Gasteiger partial charge < -0.3 is 9.52 Å². The number of allylic oxidation sites excluding steroid dienone is 2. The minimum atomic E-state index is -0.125. The molecule has 0 unspecified atom stereocenters. The maximum Gasteiger partial charge on any atom is 0.155 e. The van der Waals surface area contributed by atoms with Crippen molar-refractivity contribution in [2.24, 2.45) is 0 Å². The Bertz CT molecular complexity index is 1730. The minimum Gasteiger partial charge on any atom is -0.512 e. The smallest absolute Gasteiger partial charge is 0.155 e. The third-order valence-corrected chi connectivity index (χ3v) is 5.81. The van der Waals surface area contributed by atoms with Crippen molar-refractivity contribution in [2.45, 2.75) is 13.8 Å². The summed E-state index contributed by atoms with van der Waals surface area (Å²) in [4.78, 5) is 14.7. The van der Waals surface area contributed by atoms with E-state index in [4.69, 9.17) is 14.5 Å². The minimum absolute atomic E-state index is 0. The van der Waals surface area contributed by atoms with Gasteiger partial charge in [0.1, 0.15) is 11.3 Å². The number of nitrogens with zero attached hydrogens (tertiary/aromatic N) is 1. The summed E-state index contributed by atoms with van der Waals surface area (Å²) < 4.78 is 6.32. The second-order valence-electron chi connectivity index (χ2n) is 8.54. The molecule has 0 aliphatic carbocycles. The first-order valence-electron chi connectivity index (χ1n) is 11.7. The van der Waals surface area contributed by atoms with Crippen LogP contribution in [0.4, 0.5) is 0 Å². The number of rotatable bonds is 3. The number of hydrogen-bond donors (Lipinski definition) is 1. The average molecular weight is 663 g/mol. The largest absolute Gasteiger partial charge is 0.512 e. The molecule has 0 saturated heterocycles. The van der Waals surface area contributed by atoms with E-state index in [9.17, 15) is 4.79 Å². The number of carbonyl (C=O) groups is 1. The van der Waals surface area contributed by atoms with Crippen molar-refractivity contribution in [3.05, 3.63) is 115 Å². The van der Waals surface area contributed by atoms with Gasteiger partial charge >= 0.3 is 0 Å². The number of carbonyl (C=O) groups excluding carboxylic acids is 1. The molecule has 0 atom stereocenters. The second kappa shape index (κ2) is 11.3. The first kappa shape index (κ1) is 26.0. The quantitative estimate of drug-likeness (QED) is 0.0897. The van der Waals surface area contributed by atoms with Gasteiger partial charge in [0.2, 0.25) is 0 Å². The van der Waals surface area contributed by atoms with E-state index in [0.29, 0.717) is 0 Å². The number of pyridine rings is 1. The number of hydrogen-bond acceptors (Lipinski definition) is 4. The van der Waals surface area contributed by atoms with Gasteiger partial charge in [0.15, 0.2) is 5.78 Å². The summed E-state index contributed by atoms with van der Waals surface area (Å²) in [7, 11) is 0. The van der Waals surface area contributed by atoms with Crippen LogP contribution in [-0.2, 0) is 24.9 Å². The number of benzene rings is 4. The summed E-state index contributed by atoms with van der Waals surface area (Å²) >= 11 is 0. The number of fused-ring (bicyclic) bond motifs is 4. The average Bonchev–Trinajstić information content (AvgIpc) is 3.33. The molecule has 2 heterocycles. The van der Waals surface area contributed by atoms with E-state index < -0.39 is 0 Å². The van der Waals surface area contributed by atoms with Crippen LogP contribution >= 0.6 is 0 Å². The van der Waals surface area contributed by atoms with Gasteiger partial charge in [0, 0.05) is 49.0 Å². The zero-order valence-electron chi connectivity index (χ0n) is 20.4. The van der Waals surface area contributed by atoms with E-state index in [2.05, 4.69) is 66.7 Å². The molecule has 4 nitrogen and oxygen atoms in total. The zero-order valence-corrected chi connectivity index (χ0v) is 22.8. The molecule has 5 heteroatoms. The summed E-state index contributed by atoms with van der Waals surface area (Å²) in [5, 5.41) is 14.0. The summed E-state index contributed by atoms with van der Waals surface area (Å²) in [5.41, 5.74) is 3.65. The predicted molar refractivity (Wildman–Crippen MR) is 146 cm³/mol. The SMILES string of the molecule is CC(=O)/C=C(/C)O.[Ir].[c-]1c(-c2nccc3cc(-c4ccccc4)oc23)c2ccccc2c2ccccc12. The van der Waals surface area contributed by atoms with E-state index in [1.807, 2.05) is 36.5 Å². The Morgan fingerprint density at radius 1 is 0.865 bits per heavy atom. The van der Waals surface area contributed by atoms with Crippen LogP contribution in [0.2, 0.25) is 0 Å². The summed E-state index contributed by atoms with van der Waals surface area (Å²) in [6, 6.07) is 34.6. The molecule has 4 aromatic carbocycles. The molecular weight excluding hydrogens is 639 g/mol. The van der Waals surface area contributed by atoms with Crippen LogP contribution in [0.25, 0.3) is 55.1 Å². The van der Waals surface area contributed by atoms with Crippen LogP contribution in [0.15, 0.2) is 113 Å².